The standard InChI is InChI=1S/C22H27ClN2O5S2/c1-16(2)25(18-7-5-4-6-8-18)21(26)15-30-22(27)20(13-14-31-3)24-32(28,29)19-11-9-17(23)10-12-19/h4-12,16,20,24H,13-15H2,1-3H3/t20-/m0/s1. The van der Waals surface area contributed by atoms with Gasteiger partial charge < -0.3 is 9.64 Å². The lowest BCUT2D eigenvalue weighted by Gasteiger charge is -2.27. The average Bonchev–Trinajstić information content (AvgIpc) is 2.75. The van der Waals surface area contributed by atoms with Crippen molar-refractivity contribution in [3.8, 4) is 0 Å². The van der Waals surface area contributed by atoms with Gasteiger partial charge in [-0.25, -0.2) is 8.42 Å². The SMILES string of the molecule is CSCC[C@H](NS(=O)(=O)c1ccc(Cl)cc1)C(=O)OCC(=O)N(c1ccccc1)C(C)C. The van der Waals surface area contributed by atoms with Crippen LogP contribution >= 0.6 is 23.4 Å². The zero-order valence-corrected chi connectivity index (χ0v) is 20.5. The first kappa shape index (κ1) is 26.2. The number of thioether (sulfide) groups is 1. The molecular weight excluding hydrogens is 472 g/mol. The number of rotatable bonds is 11. The van der Waals surface area contributed by atoms with Crippen molar-refractivity contribution in [2.45, 2.75) is 37.2 Å². The van der Waals surface area contributed by atoms with Gasteiger partial charge in [-0.15, -0.1) is 0 Å². The van der Waals surface area contributed by atoms with Gasteiger partial charge in [-0.2, -0.15) is 16.5 Å². The molecule has 0 saturated heterocycles. The highest BCUT2D eigenvalue weighted by Crippen LogP contribution is 2.18. The normalized spacial score (nSPS) is 12.4. The molecular formula is C22H27ClN2O5S2. The van der Waals surface area contributed by atoms with Gasteiger partial charge in [-0.1, -0.05) is 29.8 Å². The van der Waals surface area contributed by atoms with Crippen molar-refractivity contribution in [2.75, 3.05) is 23.5 Å². The van der Waals surface area contributed by atoms with E-state index in [0.29, 0.717) is 16.5 Å². The number of hydrogen-bond acceptors (Lipinski definition) is 6. The highest BCUT2D eigenvalue weighted by molar-refractivity contribution is 7.98. The topological polar surface area (TPSA) is 92.8 Å². The Labute approximate surface area is 198 Å². The van der Waals surface area contributed by atoms with Crippen molar-refractivity contribution in [3.05, 3.63) is 59.6 Å². The fourth-order valence-corrected chi connectivity index (χ4v) is 4.77. The monoisotopic (exact) mass is 498 g/mol. The minimum atomic E-state index is -3.98. The molecule has 1 amide bonds. The first-order chi connectivity index (χ1) is 15.2. The van der Waals surface area contributed by atoms with Crippen molar-refractivity contribution >= 4 is 50.9 Å². The van der Waals surface area contributed by atoms with Gasteiger partial charge >= 0.3 is 5.97 Å². The molecule has 1 atom stereocenters. The summed E-state index contributed by atoms with van der Waals surface area (Å²) in [6.45, 7) is 3.22. The first-order valence-electron chi connectivity index (χ1n) is 9.96. The highest BCUT2D eigenvalue weighted by Gasteiger charge is 2.28. The minimum Gasteiger partial charge on any atom is -0.454 e. The van der Waals surface area contributed by atoms with Gasteiger partial charge in [-0.05, 0) is 68.7 Å². The number of carbonyl (C=O) groups excluding carboxylic acids is 2. The van der Waals surface area contributed by atoms with Crippen molar-refractivity contribution < 1.29 is 22.7 Å². The quantitative estimate of drug-likeness (QED) is 0.474. The average molecular weight is 499 g/mol. The zero-order chi connectivity index (χ0) is 23.7. The lowest BCUT2D eigenvalue weighted by molar-refractivity contribution is -0.149. The third-order valence-electron chi connectivity index (χ3n) is 4.47. The summed E-state index contributed by atoms with van der Waals surface area (Å²) in [5.41, 5.74) is 0.686. The van der Waals surface area contributed by atoms with E-state index in [1.54, 1.807) is 12.1 Å². The molecule has 0 aliphatic heterocycles. The maximum Gasteiger partial charge on any atom is 0.324 e. The lowest BCUT2D eigenvalue weighted by Crippen LogP contribution is -2.44. The van der Waals surface area contributed by atoms with Crippen LogP contribution in [-0.2, 0) is 24.3 Å². The van der Waals surface area contributed by atoms with Gasteiger partial charge in [0.25, 0.3) is 5.91 Å². The summed E-state index contributed by atoms with van der Waals surface area (Å²) in [7, 11) is -3.98. The number of nitrogens with zero attached hydrogens (tertiary/aromatic N) is 1. The van der Waals surface area contributed by atoms with Gasteiger partial charge in [0, 0.05) is 16.8 Å². The molecule has 1 N–H and O–H groups in total. The molecule has 2 rings (SSSR count). The summed E-state index contributed by atoms with van der Waals surface area (Å²) in [6, 6.07) is 13.4. The number of sulfonamides is 1. The van der Waals surface area contributed by atoms with Crippen LogP contribution in [0.1, 0.15) is 20.3 Å². The molecule has 0 fully saturated rings. The molecule has 0 aliphatic rings. The van der Waals surface area contributed by atoms with Crippen molar-refractivity contribution in [1.29, 1.82) is 0 Å². The molecule has 32 heavy (non-hydrogen) atoms. The molecule has 0 aliphatic carbocycles. The minimum absolute atomic E-state index is 0.0185. The zero-order valence-electron chi connectivity index (χ0n) is 18.2. The van der Waals surface area contributed by atoms with E-state index in [0.717, 1.165) is 0 Å². The summed E-state index contributed by atoms with van der Waals surface area (Å²) in [6.07, 6.45) is 2.06. The second-order valence-electron chi connectivity index (χ2n) is 7.21. The Hall–Kier alpha value is -2.07. The molecule has 10 heteroatoms. The van der Waals surface area contributed by atoms with Crippen molar-refractivity contribution in [3.63, 3.8) is 0 Å². The van der Waals surface area contributed by atoms with Crippen molar-refractivity contribution in [1.82, 2.24) is 4.72 Å². The number of anilines is 1. The number of hydrogen-bond donors (Lipinski definition) is 1. The maximum absolute atomic E-state index is 12.8. The number of para-hydroxylation sites is 1. The smallest absolute Gasteiger partial charge is 0.324 e. The van der Waals surface area contributed by atoms with Crippen LogP contribution in [0.4, 0.5) is 5.69 Å². The molecule has 2 aromatic carbocycles. The van der Waals surface area contributed by atoms with Gasteiger partial charge in [0.05, 0.1) is 4.90 Å². The number of nitrogens with one attached hydrogen (secondary N) is 1. The Kier molecular flexibility index (Phi) is 10.0. The van der Waals surface area contributed by atoms with Crippen LogP contribution in [0, 0.1) is 0 Å². The summed E-state index contributed by atoms with van der Waals surface area (Å²) < 4.78 is 33.0. The summed E-state index contributed by atoms with van der Waals surface area (Å²) in [5.74, 6) is -0.677. The Bertz CT molecular complexity index is 999. The number of halogens is 1. The maximum atomic E-state index is 12.8. The van der Waals surface area contributed by atoms with Crippen LogP contribution in [0.15, 0.2) is 59.5 Å². The number of benzene rings is 2. The van der Waals surface area contributed by atoms with Crippen LogP contribution in [0.3, 0.4) is 0 Å². The van der Waals surface area contributed by atoms with E-state index in [1.807, 2.05) is 38.3 Å². The third-order valence-corrected chi connectivity index (χ3v) is 6.86. The second kappa shape index (κ2) is 12.2. The number of amides is 1. The number of ether oxygens (including phenoxy) is 1. The molecule has 0 heterocycles. The third kappa shape index (κ3) is 7.51. The number of esters is 1. The predicted octanol–water partition coefficient (Wildman–Crippen LogP) is 3.72. The van der Waals surface area contributed by atoms with Gasteiger partial charge in [0.15, 0.2) is 6.61 Å². The molecule has 0 spiro atoms. The predicted molar refractivity (Wildman–Crippen MR) is 129 cm³/mol. The van der Waals surface area contributed by atoms with E-state index >= 15 is 0 Å². The molecule has 0 saturated carbocycles. The van der Waals surface area contributed by atoms with E-state index in [-0.39, 0.29) is 17.4 Å². The Balaban J connectivity index is 2.10. The fraction of sp³-hybridized carbons (Fsp3) is 0.364. The highest BCUT2D eigenvalue weighted by atomic mass is 35.5. The van der Waals surface area contributed by atoms with Crippen LogP contribution in [0.2, 0.25) is 5.02 Å². The van der Waals surface area contributed by atoms with Gasteiger partial charge in [0.2, 0.25) is 10.0 Å². The van der Waals surface area contributed by atoms with Crippen LogP contribution < -0.4 is 9.62 Å². The fourth-order valence-electron chi connectivity index (χ4n) is 2.95. The summed E-state index contributed by atoms with van der Waals surface area (Å²) in [5, 5.41) is 0.397. The van der Waals surface area contributed by atoms with Crippen LogP contribution in [0.5, 0.6) is 0 Å². The lowest BCUT2D eigenvalue weighted by atomic mass is 10.2. The molecule has 0 radical (unpaired) electrons. The Morgan fingerprint density at radius 3 is 2.28 bits per heavy atom. The largest absolute Gasteiger partial charge is 0.454 e. The molecule has 7 nitrogen and oxygen atoms in total. The van der Waals surface area contributed by atoms with Crippen molar-refractivity contribution in [2.24, 2.45) is 0 Å². The summed E-state index contributed by atoms with van der Waals surface area (Å²) >= 11 is 7.29. The van der Waals surface area contributed by atoms with E-state index in [2.05, 4.69) is 4.72 Å². The Morgan fingerprint density at radius 1 is 1.09 bits per heavy atom. The van der Waals surface area contributed by atoms with E-state index in [9.17, 15) is 18.0 Å². The number of carbonyl (C=O) groups is 2. The molecule has 0 unspecified atom stereocenters. The first-order valence-corrected chi connectivity index (χ1v) is 13.2. The molecule has 0 aromatic heterocycles. The van der Waals surface area contributed by atoms with E-state index < -0.39 is 34.5 Å². The molecule has 174 valence electrons. The van der Waals surface area contributed by atoms with Gasteiger partial charge in [-0.3, -0.25) is 9.59 Å². The van der Waals surface area contributed by atoms with E-state index in [4.69, 9.17) is 16.3 Å². The summed E-state index contributed by atoms with van der Waals surface area (Å²) in [4.78, 5) is 27.0. The van der Waals surface area contributed by atoms with Crippen LogP contribution in [-0.4, -0.2) is 51.0 Å². The Morgan fingerprint density at radius 2 is 1.72 bits per heavy atom. The van der Waals surface area contributed by atoms with Crippen LogP contribution in [0.25, 0.3) is 0 Å². The van der Waals surface area contributed by atoms with Gasteiger partial charge in [0.1, 0.15) is 6.04 Å². The molecule has 0 bridgehead atoms. The van der Waals surface area contributed by atoms with E-state index in [1.165, 1.54) is 40.9 Å². The molecule has 2 aromatic rings. The second-order valence-corrected chi connectivity index (χ2v) is 10.3.